The quantitative estimate of drug-likeness (QED) is 0.370. The van der Waals surface area contributed by atoms with Crippen LogP contribution in [0.25, 0.3) is 11.0 Å². The van der Waals surface area contributed by atoms with Crippen molar-refractivity contribution in [3.63, 3.8) is 0 Å². The average molecular weight is 493 g/mol. The minimum absolute atomic E-state index is 0.122. The van der Waals surface area contributed by atoms with E-state index in [-0.39, 0.29) is 10.5 Å². The average Bonchev–Trinajstić information content (AvgIpc) is 3.24. The molecule has 0 radical (unpaired) electrons. The number of methoxy groups -OCH3 is 1. The molecule has 5 rings (SSSR count). The maximum Gasteiger partial charge on any atom is 0.338 e. The van der Waals surface area contributed by atoms with Crippen molar-refractivity contribution in [3.8, 4) is 5.75 Å². The Hall–Kier alpha value is -3.69. The van der Waals surface area contributed by atoms with Gasteiger partial charge in [-0.25, -0.2) is 22.2 Å². The summed E-state index contributed by atoms with van der Waals surface area (Å²) in [6.45, 7) is 2.27. The van der Waals surface area contributed by atoms with Gasteiger partial charge in [0, 0.05) is 25.1 Å². The van der Waals surface area contributed by atoms with Gasteiger partial charge < -0.3 is 14.2 Å². The van der Waals surface area contributed by atoms with E-state index in [4.69, 9.17) is 14.2 Å². The summed E-state index contributed by atoms with van der Waals surface area (Å²) in [4.78, 5) is 17.2. The Morgan fingerprint density at radius 2 is 1.83 bits per heavy atom. The van der Waals surface area contributed by atoms with E-state index in [9.17, 15) is 13.2 Å². The first kappa shape index (κ1) is 23.1. The van der Waals surface area contributed by atoms with Gasteiger partial charge in [0.25, 0.3) is 10.0 Å². The third-order valence-corrected chi connectivity index (χ3v) is 7.78. The van der Waals surface area contributed by atoms with Crippen LogP contribution in [0.1, 0.15) is 40.9 Å². The highest BCUT2D eigenvalue weighted by atomic mass is 32.2. The zero-order valence-corrected chi connectivity index (χ0v) is 20.1. The molecule has 2 aromatic heterocycles. The minimum atomic E-state index is -4.06. The lowest BCUT2D eigenvalue weighted by atomic mass is 9.87. The van der Waals surface area contributed by atoms with E-state index >= 15 is 0 Å². The van der Waals surface area contributed by atoms with Gasteiger partial charge in [0.2, 0.25) is 6.29 Å². The predicted molar refractivity (Wildman–Crippen MR) is 129 cm³/mol. The van der Waals surface area contributed by atoms with Crippen LogP contribution in [0, 0.1) is 0 Å². The molecule has 0 bridgehead atoms. The molecule has 0 N–H and O–H groups in total. The number of fused-ring (bicyclic) bond motifs is 3. The topological polar surface area (TPSA) is 96.7 Å². The first-order valence-corrected chi connectivity index (χ1v) is 12.7. The normalized spacial score (nSPS) is 17.5. The molecule has 8 nitrogen and oxygen atoms in total. The van der Waals surface area contributed by atoms with Gasteiger partial charge in [-0.2, -0.15) is 0 Å². The van der Waals surface area contributed by atoms with Crippen molar-refractivity contribution in [1.29, 1.82) is 0 Å². The van der Waals surface area contributed by atoms with Crippen LogP contribution in [0.4, 0.5) is 0 Å². The van der Waals surface area contributed by atoms with E-state index in [1.807, 2.05) is 13.0 Å². The highest BCUT2D eigenvalue weighted by Gasteiger charge is 2.40. The molecule has 0 fully saturated rings. The van der Waals surface area contributed by atoms with Gasteiger partial charge in [-0.15, -0.1) is 0 Å². The summed E-state index contributed by atoms with van der Waals surface area (Å²) in [5.41, 5.74) is 1.62. The molecule has 180 valence electrons. The van der Waals surface area contributed by atoms with Gasteiger partial charge in [0.1, 0.15) is 0 Å². The highest BCUT2D eigenvalue weighted by Crippen LogP contribution is 2.48. The lowest BCUT2D eigenvalue weighted by Crippen LogP contribution is -2.31. The molecule has 0 amide bonds. The van der Waals surface area contributed by atoms with Crippen LogP contribution in [0.2, 0.25) is 0 Å². The van der Waals surface area contributed by atoms with Crippen molar-refractivity contribution in [2.75, 3.05) is 13.7 Å². The Kier molecular flexibility index (Phi) is 6.04. The second-order valence-corrected chi connectivity index (χ2v) is 9.83. The van der Waals surface area contributed by atoms with Crippen LogP contribution in [0.15, 0.2) is 77.8 Å². The fourth-order valence-electron chi connectivity index (χ4n) is 4.59. The summed E-state index contributed by atoms with van der Waals surface area (Å²) in [6.07, 6.45) is 1.21. The Bertz CT molecular complexity index is 1500. The van der Waals surface area contributed by atoms with Crippen LogP contribution in [-0.2, 0) is 19.5 Å². The molecule has 0 aliphatic carbocycles. The van der Waals surface area contributed by atoms with E-state index in [1.54, 1.807) is 66.9 Å². The molecule has 35 heavy (non-hydrogen) atoms. The van der Waals surface area contributed by atoms with Gasteiger partial charge in [0.05, 0.1) is 28.6 Å². The highest BCUT2D eigenvalue weighted by molar-refractivity contribution is 7.90. The lowest BCUT2D eigenvalue weighted by Gasteiger charge is -2.32. The molecule has 3 heterocycles. The number of hydrogen-bond acceptors (Lipinski definition) is 7. The smallest absolute Gasteiger partial charge is 0.338 e. The Morgan fingerprint density at radius 1 is 1.09 bits per heavy atom. The molecule has 9 heteroatoms. The number of hydrogen-bond donors (Lipinski definition) is 0. The summed E-state index contributed by atoms with van der Waals surface area (Å²) in [5.74, 6) is -0.673. The van der Waals surface area contributed by atoms with Crippen LogP contribution < -0.4 is 4.74 Å². The van der Waals surface area contributed by atoms with E-state index in [1.165, 1.54) is 11.1 Å². The summed E-state index contributed by atoms with van der Waals surface area (Å²) in [6, 6.07) is 18.7. The number of benzene rings is 2. The summed E-state index contributed by atoms with van der Waals surface area (Å²) >= 11 is 0. The van der Waals surface area contributed by atoms with Crippen molar-refractivity contribution < 1.29 is 27.4 Å². The van der Waals surface area contributed by atoms with E-state index < -0.39 is 28.2 Å². The zero-order chi connectivity index (χ0) is 24.6. The third kappa shape index (κ3) is 3.86. The number of esters is 1. The molecular formula is C26H24N2O6S. The molecular weight excluding hydrogens is 468 g/mol. The number of rotatable bonds is 6. The number of carbonyl (C=O) groups excluding carboxylic acids is 1. The maximum absolute atomic E-state index is 14.0. The first-order valence-electron chi connectivity index (χ1n) is 11.2. The number of aromatic nitrogens is 2. The van der Waals surface area contributed by atoms with Crippen LogP contribution in [0.5, 0.6) is 5.75 Å². The molecule has 1 aliphatic heterocycles. The molecule has 4 aromatic rings. The largest absolute Gasteiger partial charge is 0.465 e. The SMILES string of the molecule is CCOC1CC(c2ccccc2C(=O)OC)c2c(c3cccnc3n2S(=O)(=O)c2ccccc2)O1. The molecule has 0 saturated carbocycles. The fourth-order valence-corrected chi connectivity index (χ4v) is 6.14. The van der Waals surface area contributed by atoms with Crippen molar-refractivity contribution in [2.24, 2.45) is 0 Å². The summed E-state index contributed by atoms with van der Waals surface area (Å²) < 4.78 is 46.3. The summed E-state index contributed by atoms with van der Waals surface area (Å²) in [5, 5.41) is 0.548. The standard InChI is InChI=1S/C26H24N2O6S/c1-3-33-22-16-21(18-12-7-8-13-19(18)26(29)32-2)23-24(34-22)20-14-9-15-27-25(20)28(23)35(30,31)17-10-5-4-6-11-17/h4-15,21-22H,3,16H2,1-2H3. The fraction of sp³-hybridized carbons (Fsp3) is 0.231. The Morgan fingerprint density at radius 3 is 2.57 bits per heavy atom. The van der Waals surface area contributed by atoms with Crippen LogP contribution in [0.3, 0.4) is 0 Å². The second-order valence-electron chi connectivity index (χ2n) is 8.04. The first-order chi connectivity index (χ1) is 17.0. The van der Waals surface area contributed by atoms with Crippen LogP contribution >= 0.6 is 0 Å². The maximum atomic E-state index is 14.0. The van der Waals surface area contributed by atoms with Gasteiger partial charge in [-0.1, -0.05) is 36.4 Å². The van der Waals surface area contributed by atoms with Crippen molar-refractivity contribution in [1.82, 2.24) is 8.96 Å². The molecule has 2 aromatic carbocycles. The van der Waals surface area contributed by atoms with Crippen molar-refractivity contribution in [2.45, 2.75) is 30.4 Å². The number of pyridine rings is 1. The number of ether oxygens (including phenoxy) is 3. The van der Waals surface area contributed by atoms with Crippen molar-refractivity contribution in [3.05, 3.63) is 89.7 Å². The molecule has 0 saturated heterocycles. The second kappa shape index (κ2) is 9.16. The van der Waals surface area contributed by atoms with Gasteiger partial charge in [0.15, 0.2) is 11.4 Å². The minimum Gasteiger partial charge on any atom is -0.465 e. The molecule has 2 atom stereocenters. The molecule has 0 spiro atoms. The summed E-state index contributed by atoms with van der Waals surface area (Å²) in [7, 11) is -2.74. The van der Waals surface area contributed by atoms with Gasteiger partial charge >= 0.3 is 5.97 Å². The van der Waals surface area contributed by atoms with Gasteiger partial charge in [-0.05, 0) is 42.8 Å². The lowest BCUT2D eigenvalue weighted by molar-refractivity contribution is -0.0889. The predicted octanol–water partition coefficient (Wildman–Crippen LogP) is 4.34. The number of nitrogens with zero attached hydrogens (tertiary/aromatic N) is 2. The van der Waals surface area contributed by atoms with Crippen LogP contribution in [-0.4, -0.2) is 43.4 Å². The molecule has 2 unspecified atom stereocenters. The number of carbonyl (C=O) groups is 1. The van der Waals surface area contributed by atoms with E-state index in [0.29, 0.717) is 41.0 Å². The Balaban J connectivity index is 1.84. The molecule has 1 aliphatic rings. The van der Waals surface area contributed by atoms with Gasteiger partial charge in [-0.3, -0.25) is 0 Å². The zero-order valence-electron chi connectivity index (χ0n) is 19.2. The Labute approximate surface area is 203 Å². The van der Waals surface area contributed by atoms with E-state index in [2.05, 4.69) is 4.98 Å². The van der Waals surface area contributed by atoms with Crippen molar-refractivity contribution >= 4 is 27.0 Å². The monoisotopic (exact) mass is 492 g/mol. The van der Waals surface area contributed by atoms with E-state index in [0.717, 1.165) is 0 Å². The third-order valence-electron chi connectivity index (χ3n) is 6.06.